The summed E-state index contributed by atoms with van der Waals surface area (Å²) in [6, 6.07) is 10.9. The normalized spacial score (nSPS) is 16.7. The molecule has 2 aromatic carbocycles. The van der Waals surface area contributed by atoms with E-state index >= 15 is 0 Å². The summed E-state index contributed by atoms with van der Waals surface area (Å²) in [5.41, 5.74) is 0. The van der Waals surface area contributed by atoms with Crippen molar-refractivity contribution in [3.05, 3.63) is 36.4 Å². The van der Waals surface area contributed by atoms with Crippen LogP contribution < -0.4 is 4.74 Å². The lowest BCUT2D eigenvalue weighted by Gasteiger charge is -2.31. The van der Waals surface area contributed by atoms with Crippen molar-refractivity contribution in [2.24, 2.45) is 0 Å². The molecule has 0 spiro atoms. The molecule has 6 nitrogen and oxygen atoms in total. The second-order valence-electron chi connectivity index (χ2n) is 7.44. The maximum absolute atomic E-state index is 13.3. The molecule has 1 saturated heterocycles. The largest absolute Gasteiger partial charge is 0.496 e. The molecule has 0 radical (unpaired) electrons. The van der Waals surface area contributed by atoms with Gasteiger partial charge in [0, 0.05) is 30.5 Å². The van der Waals surface area contributed by atoms with Crippen molar-refractivity contribution in [1.29, 1.82) is 0 Å². The molecule has 0 N–H and O–H groups in total. The van der Waals surface area contributed by atoms with Gasteiger partial charge in [-0.05, 0) is 52.0 Å². The maximum Gasteiger partial charge on any atom is 0.243 e. The number of hydrogen-bond donors (Lipinski definition) is 0. The van der Waals surface area contributed by atoms with Gasteiger partial charge >= 0.3 is 0 Å². The van der Waals surface area contributed by atoms with Gasteiger partial charge in [0.2, 0.25) is 10.0 Å². The smallest absolute Gasteiger partial charge is 0.243 e. The van der Waals surface area contributed by atoms with Crippen molar-refractivity contribution in [1.82, 2.24) is 9.21 Å². The molecule has 1 fully saturated rings. The van der Waals surface area contributed by atoms with Gasteiger partial charge in [-0.3, -0.25) is 0 Å². The Morgan fingerprint density at radius 2 is 1.75 bits per heavy atom. The van der Waals surface area contributed by atoms with Crippen molar-refractivity contribution in [3.63, 3.8) is 0 Å². The van der Waals surface area contributed by atoms with Gasteiger partial charge in [-0.1, -0.05) is 24.3 Å². The summed E-state index contributed by atoms with van der Waals surface area (Å²) in [6.45, 7) is 2.69. The van der Waals surface area contributed by atoms with Crippen LogP contribution in [0.5, 0.6) is 5.75 Å². The van der Waals surface area contributed by atoms with Crippen LogP contribution in [-0.4, -0.2) is 71.2 Å². The van der Waals surface area contributed by atoms with Crippen LogP contribution in [0.3, 0.4) is 0 Å². The van der Waals surface area contributed by atoms with Crippen molar-refractivity contribution >= 4 is 20.8 Å². The first kappa shape index (κ1) is 21.0. The van der Waals surface area contributed by atoms with Crippen LogP contribution in [0.25, 0.3) is 10.8 Å². The van der Waals surface area contributed by atoms with E-state index < -0.39 is 10.0 Å². The summed E-state index contributed by atoms with van der Waals surface area (Å²) in [4.78, 5) is 2.48. The van der Waals surface area contributed by atoms with Crippen LogP contribution in [0, 0.1) is 0 Å². The van der Waals surface area contributed by atoms with Crippen LogP contribution in [-0.2, 0) is 14.8 Å². The summed E-state index contributed by atoms with van der Waals surface area (Å²) in [5, 5.41) is 1.51. The minimum absolute atomic E-state index is 0.140. The Hall–Kier alpha value is -1.67. The summed E-state index contributed by atoms with van der Waals surface area (Å²) < 4.78 is 39.5. The van der Waals surface area contributed by atoms with E-state index in [9.17, 15) is 8.42 Å². The van der Waals surface area contributed by atoms with E-state index in [1.54, 1.807) is 23.5 Å². The quantitative estimate of drug-likeness (QED) is 0.631. The van der Waals surface area contributed by atoms with Gasteiger partial charge in [-0.2, -0.15) is 4.31 Å². The highest BCUT2D eigenvalue weighted by Gasteiger charge is 2.31. The monoisotopic (exact) mass is 406 g/mol. The molecular formula is C21H30N2O4S. The van der Waals surface area contributed by atoms with E-state index in [1.165, 1.54) is 0 Å². The molecule has 0 saturated carbocycles. The van der Waals surface area contributed by atoms with Crippen LogP contribution >= 0.6 is 0 Å². The number of fused-ring (bicyclic) bond motifs is 1. The lowest BCUT2D eigenvalue weighted by molar-refractivity contribution is 0.0181. The fourth-order valence-corrected chi connectivity index (χ4v) is 5.32. The Balaban J connectivity index is 1.69. The predicted octanol–water partition coefficient (Wildman–Crippen LogP) is 2.97. The number of sulfonamides is 1. The minimum Gasteiger partial charge on any atom is -0.496 e. The number of benzene rings is 2. The van der Waals surface area contributed by atoms with Crippen LogP contribution in [0.15, 0.2) is 41.3 Å². The van der Waals surface area contributed by atoms with Gasteiger partial charge in [0.1, 0.15) is 5.75 Å². The van der Waals surface area contributed by atoms with E-state index in [2.05, 4.69) is 4.90 Å². The molecule has 0 bridgehead atoms. The summed E-state index contributed by atoms with van der Waals surface area (Å²) in [5.74, 6) is 0.680. The number of ether oxygens (including phenoxy) is 2. The standard InChI is InChI=1S/C21H30N2O4S/c1-22(2)13-6-16-27-17-11-14-23(15-12-17)28(24,25)21-10-9-20(26-3)18-7-4-5-8-19(18)21/h4-5,7-10,17H,6,11-16H2,1-3H3. The van der Waals surface area contributed by atoms with Gasteiger partial charge in [-0.15, -0.1) is 0 Å². The zero-order chi connectivity index (χ0) is 20.1. The fourth-order valence-electron chi connectivity index (χ4n) is 3.66. The van der Waals surface area contributed by atoms with Gasteiger partial charge in [0.15, 0.2) is 0 Å². The Kier molecular flexibility index (Phi) is 6.93. The zero-order valence-electron chi connectivity index (χ0n) is 16.9. The molecule has 0 aliphatic carbocycles. The molecule has 2 aromatic rings. The molecule has 0 unspecified atom stereocenters. The third-order valence-electron chi connectivity index (χ3n) is 5.19. The Morgan fingerprint density at radius 1 is 1.07 bits per heavy atom. The van der Waals surface area contributed by atoms with Gasteiger partial charge in [0.25, 0.3) is 0 Å². The molecule has 1 aliphatic heterocycles. The molecule has 0 amide bonds. The maximum atomic E-state index is 13.3. The van der Waals surface area contributed by atoms with E-state index in [1.807, 2.05) is 38.4 Å². The van der Waals surface area contributed by atoms with E-state index in [0.717, 1.165) is 37.8 Å². The first-order valence-electron chi connectivity index (χ1n) is 9.75. The fraction of sp³-hybridized carbons (Fsp3) is 0.524. The number of hydrogen-bond acceptors (Lipinski definition) is 5. The van der Waals surface area contributed by atoms with Gasteiger partial charge in [-0.25, -0.2) is 8.42 Å². The number of methoxy groups -OCH3 is 1. The molecular weight excluding hydrogens is 376 g/mol. The van der Waals surface area contributed by atoms with E-state index in [-0.39, 0.29) is 6.10 Å². The summed E-state index contributed by atoms with van der Waals surface area (Å²) >= 11 is 0. The van der Waals surface area contributed by atoms with Gasteiger partial charge in [0.05, 0.1) is 18.1 Å². The molecule has 154 valence electrons. The third kappa shape index (κ3) is 4.66. The Morgan fingerprint density at radius 3 is 2.39 bits per heavy atom. The van der Waals surface area contributed by atoms with Crippen LogP contribution in [0.4, 0.5) is 0 Å². The zero-order valence-corrected chi connectivity index (χ0v) is 17.7. The average molecular weight is 407 g/mol. The molecule has 0 aromatic heterocycles. The minimum atomic E-state index is -3.56. The molecule has 1 heterocycles. The third-order valence-corrected chi connectivity index (χ3v) is 7.14. The van der Waals surface area contributed by atoms with Crippen LogP contribution in [0.1, 0.15) is 19.3 Å². The van der Waals surface area contributed by atoms with E-state index in [4.69, 9.17) is 9.47 Å². The lowest BCUT2D eigenvalue weighted by atomic mass is 10.1. The number of nitrogens with zero attached hydrogens (tertiary/aromatic N) is 2. The highest BCUT2D eigenvalue weighted by molar-refractivity contribution is 7.89. The highest BCUT2D eigenvalue weighted by Crippen LogP contribution is 2.33. The molecule has 0 atom stereocenters. The van der Waals surface area contributed by atoms with Crippen molar-refractivity contribution in [2.75, 3.05) is 47.4 Å². The molecule has 28 heavy (non-hydrogen) atoms. The second-order valence-corrected chi connectivity index (χ2v) is 9.35. The summed E-state index contributed by atoms with van der Waals surface area (Å²) in [6.07, 6.45) is 2.59. The number of piperidine rings is 1. The average Bonchev–Trinajstić information content (AvgIpc) is 2.70. The predicted molar refractivity (Wildman–Crippen MR) is 111 cm³/mol. The van der Waals surface area contributed by atoms with Crippen LogP contribution in [0.2, 0.25) is 0 Å². The summed E-state index contributed by atoms with van der Waals surface area (Å²) in [7, 11) is 2.13. The molecule has 7 heteroatoms. The van der Waals surface area contributed by atoms with Gasteiger partial charge < -0.3 is 14.4 Å². The first-order valence-corrected chi connectivity index (χ1v) is 11.2. The molecule has 3 rings (SSSR count). The Labute approximate surface area is 168 Å². The van der Waals surface area contributed by atoms with Crippen molar-refractivity contribution in [3.8, 4) is 5.75 Å². The van der Waals surface area contributed by atoms with Crippen molar-refractivity contribution in [2.45, 2.75) is 30.3 Å². The van der Waals surface area contributed by atoms with E-state index in [0.29, 0.717) is 29.1 Å². The highest BCUT2D eigenvalue weighted by atomic mass is 32.2. The topological polar surface area (TPSA) is 59.1 Å². The molecule has 1 aliphatic rings. The van der Waals surface area contributed by atoms with Crippen molar-refractivity contribution < 1.29 is 17.9 Å². The second kappa shape index (κ2) is 9.22. The first-order chi connectivity index (χ1) is 13.4. The Bertz CT molecular complexity index is 890. The SMILES string of the molecule is COc1ccc(S(=O)(=O)N2CCC(OCCCN(C)C)CC2)c2ccccc12. The lowest BCUT2D eigenvalue weighted by Crippen LogP contribution is -2.41. The number of rotatable bonds is 8.